The molecule has 5 heteroatoms. The fraction of sp³-hybridized carbons (Fsp3) is 0.0588. The largest absolute Gasteiger partial charge is 0.489 e. The molecule has 0 atom stereocenters. The molecule has 2 rings (SSSR count). The normalized spacial score (nSPS) is 10.8. The third kappa shape index (κ3) is 4.11. The smallest absolute Gasteiger partial charge is 0.259 e. The Morgan fingerprint density at radius 2 is 2.05 bits per heavy atom. The first-order chi connectivity index (χ1) is 10.6. The summed E-state index contributed by atoms with van der Waals surface area (Å²) in [7, 11) is 0. The van der Waals surface area contributed by atoms with E-state index in [9.17, 15) is 4.79 Å². The van der Waals surface area contributed by atoms with E-state index in [2.05, 4.69) is 0 Å². The molecule has 0 aromatic heterocycles. The van der Waals surface area contributed by atoms with Crippen LogP contribution in [0.25, 0.3) is 6.08 Å². The lowest BCUT2D eigenvalue weighted by Gasteiger charge is -2.08. The zero-order valence-corrected chi connectivity index (χ0v) is 12.4. The third-order valence-electron chi connectivity index (χ3n) is 2.91. The molecule has 110 valence electrons. The first kappa shape index (κ1) is 15.6. The van der Waals surface area contributed by atoms with Gasteiger partial charge in [0.15, 0.2) is 0 Å². The number of benzene rings is 2. The van der Waals surface area contributed by atoms with Crippen LogP contribution in [0.3, 0.4) is 0 Å². The molecule has 0 heterocycles. The second-order valence-corrected chi connectivity index (χ2v) is 4.89. The first-order valence-electron chi connectivity index (χ1n) is 6.48. The molecule has 2 aromatic carbocycles. The lowest BCUT2D eigenvalue weighted by Crippen LogP contribution is -2.12. The van der Waals surface area contributed by atoms with Crippen molar-refractivity contribution in [1.29, 1.82) is 5.26 Å². The van der Waals surface area contributed by atoms with E-state index in [0.29, 0.717) is 22.9 Å². The third-order valence-corrected chi connectivity index (χ3v) is 3.28. The zero-order valence-electron chi connectivity index (χ0n) is 11.6. The monoisotopic (exact) mass is 312 g/mol. The highest BCUT2D eigenvalue weighted by molar-refractivity contribution is 6.31. The minimum atomic E-state index is -0.759. The van der Waals surface area contributed by atoms with Gasteiger partial charge in [0.05, 0.1) is 0 Å². The van der Waals surface area contributed by atoms with Crippen molar-refractivity contribution in [1.82, 2.24) is 0 Å². The molecule has 0 saturated heterocycles. The zero-order chi connectivity index (χ0) is 15.9. The van der Waals surface area contributed by atoms with Gasteiger partial charge in [-0.15, -0.1) is 0 Å². The summed E-state index contributed by atoms with van der Waals surface area (Å²) in [6.45, 7) is 0.327. The molecule has 22 heavy (non-hydrogen) atoms. The van der Waals surface area contributed by atoms with E-state index in [1.54, 1.807) is 36.4 Å². The van der Waals surface area contributed by atoms with E-state index < -0.39 is 5.91 Å². The van der Waals surface area contributed by atoms with Crippen LogP contribution in [0, 0.1) is 11.3 Å². The van der Waals surface area contributed by atoms with Gasteiger partial charge >= 0.3 is 0 Å². The molecule has 0 radical (unpaired) electrons. The first-order valence-corrected chi connectivity index (χ1v) is 6.86. The molecule has 2 aromatic rings. The van der Waals surface area contributed by atoms with Gasteiger partial charge in [-0.25, -0.2) is 0 Å². The number of rotatable bonds is 5. The number of ether oxygens (including phenoxy) is 1. The summed E-state index contributed by atoms with van der Waals surface area (Å²) in [5.74, 6) is -0.152. The molecule has 0 aliphatic carbocycles. The van der Waals surface area contributed by atoms with Crippen molar-refractivity contribution in [3.63, 3.8) is 0 Å². The van der Waals surface area contributed by atoms with E-state index in [4.69, 9.17) is 27.3 Å². The molecular formula is C17H13ClN2O2. The number of amides is 1. The van der Waals surface area contributed by atoms with Crippen LogP contribution in [0.15, 0.2) is 54.1 Å². The number of hydrogen-bond donors (Lipinski definition) is 1. The minimum Gasteiger partial charge on any atom is -0.489 e. The number of hydrogen-bond acceptors (Lipinski definition) is 3. The summed E-state index contributed by atoms with van der Waals surface area (Å²) in [5.41, 5.74) is 6.53. The number of nitriles is 1. The molecule has 4 nitrogen and oxygen atoms in total. The van der Waals surface area contributed by atoms with Gasteiger partial charge in [0.1, 0.15) is 24.0 Å². The van der Waals surface area contributed by atoms with Gasteiger partial charge in [0.2, 0.25) is 0 Å². The maximum atomic E-state index is 11.1. The van der Waals surface area contributed by atoms with Crippen molar-refractivity contribution < 1.29 is 9.53 Å². The van der Waals surface area contributed by atoms with Gasteiger partial charge in [0.25, 0.3) is 5.91 Å². The van der Waals surface area contributed by atoms with Crippen molar-refractivity contribution >= 4 is 23.6 Å². The number of primary amides is 1. The summed E-state index contributed by atoms with van der Waals surface area (Å²) in [6.07, 6.45) is 1.42. The van der Waals surface area contributed by atoms with Crippen LogP contribution in [0.2, 0.25) is 5.02 Å². The van der Waals surface area contributed by atoms with Crippen molar-refractivity contribution in [3.8, 4) is 11.8 Å². The van der Waals surface area contributed by atoms with Crippen LogP contribution < -0.4 is 10.5 Å². The molecule has 0 bridgehead atoms. The average molecular weight is 313 g/mol. The maximum absolute atomic E-state index is 11.1. The predicted octanol–water partition coefficient (Wildman–Crippen LogP) is 3.31. The molecule has 0 aliphatic rings. The number of carbonyl (C=O) groups excluding carboxylic acids is 1. The summed E-state index contributed by atoms with van der Waals surface area (Å²) < 4.78 is 5.68. The van der Waals surface area contributed by atoms with Crippen LogP contribution in [-0.4, -0.2) is 5.91 Å². The quantitative estimate of drug-likeness (QED) is 0.679. The van der Waals surface area contributed by atoms with Gasteiger partial charge in [0, 0.05) is 10.6 Å². The van der Waals surface area contributed by atoms with E-state index >= 15 is 0 Å². The predicted molar refractivity (Wildman–Crippen MR) is 85.0 cm³/mol. The van der Waals surface area contributed by atoms with Crippen molar-refractivity contribution in [2.75, 3.05) is 0 Å². The van der Waals surface area contributed by atoms with Gasteiger partial charge < -0.3 is 10.5 Å². The summed E-state index contributed by atoms with van der Waals surface area (Å²) in [4.78, 5) is 11.1. The standard InChI is InChI=1S/C17H13ClN2O2/c18-16-7-2-1-5-13(16)11-22-15-6-3-4-12(9-15)8-14(10-19)17(20)21/h1-9H,11H2,(H2,20,21)/b14-8-. The molecule has 2 N–H and O–H groups in total. The molecule has 0 saturated carbocycles. The molecule has 0 unspecified atom stereocenters. The Balaban J connectivity index is 2.14. The fourth-order valence-electron chi connectivity index (χ4n) is 1.80. The molecule has 1 amide bonds. The van der Waals surface area contributed by atoms with E-state index in [1.807, 2.05) is 18.2 Å². The number of nitrogens with zero attached hydrogens (tertiary/aromatic N) is 1. The second-order valence-electron chi connectivity index (χ2n) is 4.49. The lowest BCUT2D eigenvalue weighted by molar-refractivity contribution is -0.114. The molecule has 0 spiro atoms. The molecule has 0 aliphatic heterocycles. The van der Waals surface area contributed by atoms with Crippen molar-refractivity contribution in [2.24, 2.45) is 5.73 Å². The second kappa shape index (κ2) is 7.30. The topological polar surface area (TPSA) is 76.1 Å². The highest BCUT2D eigenvalue weighted by atomic mass is 35.5. The number of halogens is 1. The highest BCUT2D eigenvalue weighted by Gasteiger charge is 2.04. The summed E-state index contributed by atoms with van der Waals surface area (Å²) in [5, 5.41) is 9.48. The molecule has 0 fully saturated rings. The highest BCUT2D eigenvalue weighted by Crippen LogP contribution is 2.20. The Labute approximate surface area is 133 Å². The maximum Gasteiger partial charge on any atom is 0.259 e. The van der Waals surface area contributed by atoms with Crippen LogP contribution >= 0.6 is 11.6 Å². The minimum absolute atomic E-state index is 0.108. The van der Waals surface area contributed by atoms with Crippen LogP contribution in [-0.2, 0) is 11.4 Å². The van der Waals surface area contributed by atoms with Crippen molar-refractivity contribution in [3.05, 3.63) is 70.3 Å². The summed E-state index contributed by atoms with van der Waals surface area (Å²) in [6, 6.07) is 16.2. The average Bonchev–Trinajstić information content (AvgIpc) is 2.52. The van der Waals surface area contributed by atoms with Crippen LogP contribution in [0.4, 0.5) is 0 Å². The van der Waals surface area contributed by atoms with Gasteiger partial charge in [-0.3, -0.25) is 4.79 Å². The number of nitrogens with two attached hydrogens (primary N) is 1. The summed E-state index contributed by atoms with van der Waals surface area (Å²) >= 11 is 6.07. The Bertz CT molecular complexity index is 763. The van der Waals surface area contributed by atoms with Gasteiger partial charge in [-0.2, -0.15) is 5.26 Å². The SMILES string of the molecule is N#C/C(=C/c1cccc(OCc2ccccc2Cl)c1)C(N)=O. The fourth-order valence-corrected chi connectivity index (χ4v) is 1.99. The van der Waals surface area contributed by atoms with Crippen LogP contribution in [0.1, 0.15) is 11.1 Å². The van der Waals surface area contributed by atoms with E-state index in [0.717, 1.165) is 5.56 Å². The Kier molecular flexibility index (Phi) is 5.18. The van der Waals surface area contributed by atoms with E-state index in [1.165, 1.54) is 6.08 Å². The van der Waals surface area contributed by atoms with Crippen LogP contribution in [0.5, 0.6) is 5.75 Å². The lowest BCUT2D eigenvalue weighted by atomic mass is 10.1. The Hall–Kier alpha value is -2.77. The van der Waals surface area contributed by atoms with Gasteiger partial charge in [-0.1, -0.05) is 41.9 Å². The van der Waals surface area contributed by atoms with Gasteiger partial charge in [-0.05, 0) is 29.8 Å². The van der Waals surface area contributed by atoms with Crippen molar-refractivity contribution in [2.45, 2.75) is 6.61 Å². The Morgan fingerprint density at radius 1 is 1.27 bits per heavy atom. The van der Waals surface area contributed by atoms with E-state index in [-0.39, 0.29) is 5.57 Å². The number of carbonyl (C=O) groups is 1. The Morgan fingerprint density at radius 3 is 2.73 bits per heavy atom. The molecular weight excluding hydrogens is 300 g/mol.